The number of aliphatic imine (C=N–C) groups is 1. The van der Waals surface area contributed by atoms with Crippen molar-refractivity contribution in [2.24, 2.45) is 20.3 Å². The van der Waals surface area contributed by atoms with Gasteiger partial charge in [0.25, 0.3) is 0 Å². The van der Waals surface area contributed by atoms with Gasteiger partial charge in [-0.2, -0.15) is 5.10 Å². The summed E-state index contributed by atoms with van der Waals surface area (Å²) < 4.78 is 0. The first-order valence-corrected chi connectivity index (χ1v) is 11.0. The number of amidine groups is 1. The van der Waals surface area contributed by atoms with Crippen LogP contribution in [0.25, 0.3) is 0 Å². The Morgan fingerprint density at radius 2 is 1.56 bits per heavy atom. The number of hydrogen-bond donors (Lipinski definition) is 1. The lowest BCUT2D eigenvalue weighted by Gasteiger charge is -2.23. The van der Waals surface area contributed by atoms with Crippen LogP contribution in [0.1, 0.15) is 46.2 Å². The van der Waals surface area contributed by atoms with Crippen molar-refractivity contribution in [3.8, 4) is 0 Å². The number of nitrogens with zero attached hydrogens (tertiary/aromatic N) is 4. The average Bonchev–Trinajstić information content (AvgIpc) is 2.78. The van der Waals surface area contributed by atoms with Gasteiger partial charge in [-0.05, 0) is 73.7 Å². The van der Waals surface area contributed by atoms with E-state index >= 15 is 0 Å². The molecule has 0 aromatic heterocycles. The second-order valence-electron chi connectivity index (χ2n) is 8.46. The zero-order valence-corrected chi connectivity index (χ0v) is 19.3. The highest BCUT2D eigenvalue weighted by atomic mass is 15.3. The van der Waals surface area contributed by atoms with Gasteiger partial charge in [-0.15, -0.1) is 10.2 Å². The Hall–Kier alpha value is -3.60. The van der Waals surface area contributed by atoms with Crippen molar-refractivity contribution in [2.75, 3.05) is 12.0 Å². The van der Waals surface area contributed by atoms with Gasteiger partial charge in [0, 0.05) is 18.0 Å². The van der Waals surface area contributed by atoms with Gasteiger partial charge in [0.2, 0.25) is 5.84 Å². The molecule has 1 aliphatic rings. The Bertz CT molecular complexity index is 1240. The number of azo groups is 1. The largest absolute Gasteiger partial charge is 0.280 e. The van der Waals surface area contributed by atoms with Crippen LogP contribution in [0.5, 0.6) is 0 Å². The summed E-state index contributed by atoms with van der Waals surface area (Å²) in [6.45, 7) is 11.3. The number of nitrogens with one attached hydrogen (secondary N) is 1. The predicted molar refractivity (Wildman–Crippen MR) is 134 cm³/mol. The predicted octanol–water partition coefficient (Wildman–Crippen LogP) is 7.04. The van der Waals surface area contributed by atoms with Crippen LogP contribution in [0, 0.1) is 27.7 Å². The Kier molecular flexibility index (Phi) is 6.26. The van der Waals surface area contributed by atoms with Gasteiger partial charge < -0.3 is 0 Å². The zero-order chi connectivity index (χ0) is 22.7. The molecule has 0 radical (unpaired) electrons. The number of benzene rings is 3. The quantitative estimate of drug-likeness (QED) is 0.208. The van der Waals surface area contributed by atoms with E-state index in [1.165, 1.54) is 16.7 Å². The summed E-state index contributed by atoms with van der Waals surface area (Å²) in [4.78, 5) is 4.88. The highest BCUT2D eigenvalue weighted by Crippen LogP contribution is 2.29. The number of hydrogen-bond acceptors (Lipinski definition) is 4. The molecule has 1 atom stereocenters. The number of aryl methyl sites for hydroxylation is 4. The molecule has 1 heterocycles. The summed E-state index contributed by atoms with van der Waals surface area (Å²) in [5.41, 5.74) is 12.8. The van der Waals surface area contributed by atoms with Crippen LogP contribution in [0.2, 0.25) is 0 Å². The van der Waals surface area contributed by atoms with Crippen LogP contribution >= 0.6 is 0 Å². The number of para-hydroxylation sites is 1. The minimum absolute atomic E-state index is 0.354. The van der Waals surface area contributed by atoms with E-state index in [4.69, 9.17) is 4.99 Å². The highest BCUT2D eigenvalue weighted by Gasteiger charge is 2.24. The molecule has 0 saturated carbocycles. The molecular formula is C27H29N5. The fraction of sp³-hybridized carbons (Fsp3) is 0.259. The van der Waals surface area contributed by atoms with Gasteiger partial charge in [0.05, 0.1) is 11.4 Å². The second kappa shape index (κ2) is 9.27. The van der Waals surface area contributed by atoms with Crippen LogP contribution in [-0.2, 0) is 0 Å². The normalized spacial score (nSPS) is 16.1. The molecule has 3 aromatic carbocycles. The molecule has 1 unspecified atom stereocenters. The second-order valence-corrected chi connectivity index (χ2v) is 8.46. The van der Waals surface area contributed by atoms with E-state index in [-0.39, 0.29) is 0 Å². The first kappa shape index (κ1) is 21.6. The standard InChI is InChI=1S/C27H29N5/c1-17-10-6-8-12-24(17)29-31-27(32-30-25-13-9-7-11-18(25)2)26-23-15-20(4)19(3)14-22(23)21(5)16-28-26/h6-15,21,29H,16H2,1-5H3/b31-27-,32-30?. The molecule has 0 fully saturated rings. The van der Waals surface area contributed by atoms with Crippen LogP contribution in [0.15, 0.2) is 81.0 Å². The van der Waals surface area contributed by atoms with Crippen molar-refractivity contribution in [1.82, 2.24) is 0 Å². The lowest BCUT2D eigenvalue weighted by atomic mass is 9.87. The molecular weight excluding hydrogens is 394 g/mol. The van der Waals surface area contributed by atoms with Crippen LogP contribution < -0.4 is 5.43 Å². The summed E-state index contributed by atoms with van der Waals surface area (Å²) in [7, 11) is 0. The minimum Gasteiger partial charge on any atom is -0.280 e. The third-order valence-electron chi connectivity index (χ3n) is 5.98. The Balaban J connectivity index is 1.79. The molecule has 0 spiro atoms. The maximum atomic E-state index is 4.88. The van der Waals surface area contributed by atoms with Crippen LogP contribution in [0.4, 0.5) is 11.4 Å². The molecule has 4 rings (SSSR count). The fourth-order valence-corrected chi connectivity index (χ4v) is 3.77. The molecule has 162 valence electrons. The molecule has 3 aromatic rings. The minimum atomic E-state index is 0.354. The van der Waals surface area contributed by atoms with Gasteiger partial charge >= 0.3 is 0 Å². The van der Waals surface area contributed by atoms with E-state index in [9.17, 15) is 0 Å². The van der Waals surface area contributed by atoms with E-state index < -0.39 is 0 Å². The average molecular weight is 424 g/mol. The Morgan fingerprint density at radius 3 is 2.31 bits per heavy atom. The van der Waals surface area contributed by atoms with E-state index in [2.05, 4.69) is 53.7 Å². The maximum Gasteiger partial charge on any atom is 0.219 e. The SMILES string of the molecule is Cc1cc2c(cc1C)C(C)CN=C2/C(N=Nc1ccccc1C)=N/Nc1ccccc1C. The Morgan fingerprint density at radius 1 is 0.875 bits per heavy atom. The van der Waals surface area contributed by atoms with E-state index in [0.717, 1.165) is 33.8 Å². The summed E-state index contributed by atoms with van der Waals surface area (Å²) >= 11 is 0. The topological polar surface area (TPSA) is 61.5 Å². The molecule has 1 aliphatic heterocycles. The molecule has 0 amide bonds. The first-order chi connectivity index (χ1) is 15.4. The highest BCUT2D eigenvalue weighted by molar-refractivity contribution is 6.48. The molecule has 0 saturated heterocycles. The number of hydrazone groups is 1. The van der Waals surface area contributed by atoms with Gasteiger partial charge in [-0.25, -0.2) is 0 Å². The lowest BCUT2D eigenvalue weighted by Crippen LogP contribution is -2.23. The number of fused-ring (bicyclic) bond motifs is 1. The van der Waals surface area contributed by atoms with Crippen molar-refractivity contribution in [3.63, 3.8) is 0 Å². The van der Waals surface area contributed by atoms with Gasteiger partial charge in [-0.1, -0.05) is 49.4 Å². The first-order valence-electron chi connectivity index (χ1n) is 11.0. The summed E-state index contributed by atoms with van der Waals surface area (Å²) in [5, 5.41) is 13.8. The van der Waals surface area contributed by atoms with Crippen LogP contribution in [0.3, 0.4) is 0 Å². The Labute approximate surface area is 190 Å². The summed E-state index contributed by atoms with van der Waals surface area (Å²) in [5.74, 6) is 0.833. The van der Waals surface area contributed by atoms with E-state index in [1.807, 2.05) is 62.4 Å². The van der Waals surface area contributed by atoms with E-state index in [1.54, 1.807) is 0 Å². The summed E-state index contributed by atoms with van der Waals surface area (Å²) in [6, 6.07) is 20.5. The van der Waals surface area contributed by atoms with Crippen molar-refractivity contribution >= 4 is 22.9 Å². The molecule has 1 N–H and O–H groups in total. The number of anilines is 1. The fourth-order valence-electron chi connectivity index (χ4n) is 3.77. The maximum absolute atomic E-state index is 4.88. The third kappa shape index (κ3) is 4.52. The smallest absolute Gasteiger partial charge is 0.219 e. The molecule has 5 nitrogen and oxygen atoms in total. The van der Waals surface area contributed by atoms with Gasteiger partial charge in [0.15, 0.2) is 0 Å². The lowest BCUT2D eigenvalue weighted by molar-refractivity contribution is 0.760. The number of rotatable bonds is 4. The molecule has 0 bridgehead atoms. The third-order valence-corrected chi connectivity index (χ3v) is 5.98. The molecule has 5 heteroatoms. The zero-order valence-electron chi connectivity index (χ0n) is 19.3. The van der Waals surface area contributed by atoms with Gasteiger partial charge in [-0.3, -0.25) is 10.4 Å². The van der Waals surface area contributed by atoms with Crippen molar-refractivity contribution in [2.45, 2.75) is 40.5 Å². The van der Waals surface area contributed by atoms with Crippen LogP contribution in [-0.4, -0.2) is 18.1 Å². The summed E-state index contributed by atoms with van der Waals surface area (Å²) in [6.07, 6.45) is 0. The molecule has 0 aliphatic carbocycles. The monoisotopic (exact) mass is 423 g/mol. The van der Waals surface area contributed by atoms with Crippen molar-refractivity contribution in [3.05, 3.63) is 94.0 Å². The molecule has 32 heavy (non-hydrogen) atoms. The van der Waals surface area contributed by atoms with Gasteiger partial charge in [0.1, 0.15) is 5.71 Å². The van der Waals surface area contributed by atoms with Crippen molar-refractivity contribution in [1.29, 1.82) is 0 Å². The van der Waals surface area contributed by atoms with E-state index in [0.29, 0.717) is 18.3 Å². The van der Waals surface area contributed by atoms with Crippen molar-refractivity contribution < 1.29 is 0 Å².